The van der Waals surface area contributed by atoms with Gasteiger partial charge in [0.25, 0.3) is 5.69 Å². The van der Waals surface area contributed by atoms with E-state index >= 15 is 0 Å². The van der Waals surface area contributed by atoms with Gasteiger partial charge in [0.05, 0.1) is 24.5 Å². The second-order valence-electron chi connectivity index (χ2n) is 6.18. The van der Waals surface area contributed by atoms with E-state index in [4.69, 9.17) is 13.9 Å². The van der Waals surface area contributed by atoms with Gasteiger partial charge in [-0.05, 0) is 42.0 Å². The number of hydrogen-bond acceptors (Lipinski definition) is 8. The van der Waals surface area contributed by atoms with Crippen molar-refractivity contribution in [3.8, 4) is 11.5 Å². The predicted molar refractivity (Wildman–Crippen MR) is 115 cm³/mol. The average molecular weight is 435 g/mol. The number of carbonyl (C=O) groups is 2. The topological polar surface area (TPSA) is 133 Å². The van der Waals surface area contributed by atoms with Crippen LogP contribution in [-0.4, -0.2) is 30.1 Å². The van der Waals surface area contributed by atoms with Gasteiger partial charge in [0, 0.05) is 23.8 Å². The van der Waals surface area contributed by atoms with Crippen molar-refractivity contribution in [3.05, 3.63) is 93.9 Å². The number of esters is 1. The first kappa shape index (κ1) is 22.0. The lowest BCUT2D eigenvalue weighted by atomic mass is 10.2. The molecule has 0 unspecified atom stereocenters. The lowest BCUT2D eigenvalue weighted by Crippen LogP contribution is -2.17. The molecule has 0 atom stereocenters. The molecule has 1 amide bonds. The number of carbonyl (C=O) groups excluding carboxylic acids is 2. The number of amides is 1. The summed E-state index contributed by atoms with van der Waals surface area (Å²) in [6.07, 6.45) is 5.22. The fourth-order valence-electron chi connectivity index (χ4n) is 2.49. The summed E-state index contributed by atoms with van der Waals surface area (Å²) in [7, 11) is 1.55. The summed E-state index contributed by atoms with van der Waals surface area (Å²) in [5, 5.41) is 14.8. The molecule has 0 aliphatic rings. The quantitative estimate of drug-likeness (QED) is 0.143. The predicted octanol–water partition coefficient (Wildman–Crippen LogP) is 3.58. The van der Waals surface area contributed by atoms with E-state index in [1.807, 2.05) is 0 Å². The van der Waals surface area contributed by atoms with E-state index in [0.717, 1.165) is 11.8 Å². The molecule has 0 fully saturated rings. The van der Waals surface area contributed by atoms with Gasteiger partial charge in [0.15, 0.2) is 5.76 Å². The van der Waals surface area contributed by atoms with Crippen molar-refractivity contribution in [3.63, 3.8) is 0 Å². The van der Waals surface area contributed by atoms with Gasteiger partial charge >= 0.3 is 11.9 Å². The average Bonchev–Trinajstić information content (AvgIpc) is 3.34. The molecule has 0 radical (unpaired) electrons. The van der Waals surface area contributed by atoms with E-state index in [1.54, 1.807) is 37.5 Å². The van der Waals surface area contributed by atoms with Crippen LogP contribution in [0.4, 0.5) is 5.69 Å². The Morgan fingerprint density at radius 3 is 2.59 bits per heavy atom. The Labute approximate surface area is 181 Å². The lowest BCUT2D eigenvalue weighted by molar-refractivity contribution is -0.384. The fourth-order valence-corrected chi connectivity index (χ4v) is 2.49. The van der Waals surface area contributed by atoms with Crippen molar-refractivity contribution in [2.75, 3.05) is 7.11 Å². The Kier molecular flexibility index (Phi) is 7.10. The molecule has 10 nitrogen and oxygen atoms in total. The molecule has 1 N–H and O–H groups in total. The van der Waals surface area contributed by atoms with Crippen LogP contribution in [0.15, 0.2) is 76.5 Å². The highest BCUT2D eigenvalue weighted by Crippen LogP contribution is 2.23. The molecule has 0 aliphatic heterocycles. The molecule has 3 aromatic rings. The van der Waals surface area contributed by atoms with Crippen LogP contribution in [0, 0.1) is 10.1 Å². The molecule has 1 aromatic heterocycles. The van der Waals surface area contributed by atoms with Crippen LogP contribution in [0.5, 0.6) is 11.5 Å². The third kappa shape index (κ3) is 5.89. The van der Waals surface area contributed by atoms with E-state index in [1.165, 1.54) is 42.7 Å². The Hall–Kier alpha value is -4.73. The van der Waals surface area contributed by atoms with Crippen molar-refractivity contribution in [1.29, 1.82) is 0 Å². The minimum Gasteiger partial charge on any atom is -0.497 e. The number of nitro groups is 1. The van der Waals surface area contributed by atoms with Gasteiger partial charge in [-0.25, -0.2) is 10.2 Å². The number of nitrogens with one attached hydrogen (secondary N) is 1. The number of ether oxygens (including phenoxy) is 2. The number of benzene rings is 2. The lowest BCUT2D eigenvalue weighted by Gasteiger charge is -2.05. The molecule has 10 heteroatoms. The molecule has 162 valence electrons. The summed E-state index contributed by atoms with van der Waals surface area (Å²) < 4.78 is 15.3. The van der Waals surface area contributed by atoms with Gasteiger partial charge in [0.2, 0.25) is 0 Å². The minimum absolute atomic E-state index is 0.0241. The molecule has 2 aromatic carbocycles. The molecule has 0 saturated carbocycles. The Bertz CT molecular complexity index is 1170. The highest BCUT2D eigenvalue weighted by Gasteiger charge is 2.13. The molecule has 0 spiro atoms. The normalized spacial score (nSPS) is 10.9. The Morgan fingerprint density at radius 2 is 1.94 bits per heavy atom. The van der Waals surface area contributed by atoms with Gasteiger partial charge in [-0.3, -0.25) is 14.9 Å². The van der Waals surface area contributed by atoms with Crippen LogP contribution >= 0.6 is 0 Å². The molecule has 32 heavy (non-hydrogen) atoms. The minimum atomic E-state index is -0.705. The van der Waals surface area contributed by atoms with E-state index in [9.17, 15) is 19.7 Å². The van der Waals surface area contributed by atoms with Crippen molar-refractivity contribution in [2.24, 2.45) is 5.10 Å². The van der Waals surface area contributed by atoms with Gasteiger partial charge in [-0.2, -0.15) is 5.10 Å². The van der Waals surface area contributed by atoms with Crippen molar-refractivity contribution < 1.29 is 28.4 Å². The summed E-state index contributed by atoms with van der Waals surface area (Å²) in [4.78, 5) is 34.6. The fraction of sp³-hybridized carbons (Fsp3) is 0.0455. The third-order valence-electron chi connectivity index (χ3n) is 4.06. The first-order chi connectivity index (χ1) is 15.5. The van der Waals surface area contributed by atoms with Crippen LogP contribution in [0.1, 0.15) is 21.7 Å². The maximum atomic E-state index is 12.2. The number of furan rings is 1. The van der Waals surface area contributed by atoms with E-state index < -0.39 is 16.8 Å². The van der Waals surface area contributed by atoms with Crippen molar-refractivity contribution in [2.45, 2.75) is 0 Å². The van der Waals surface area contributed by atoms with E-state index in [2.05, 4.69) is 10.5 Å². The smallest absolute Gasteiger partial charge is 0.336 e. The van der Waals surface area contributed by atoms with Crippen LogP contribution in [-0.2, 0) is 4.79 Å². The van der Waals surface area contributed by atoms with Gasteiger partial charge in [-0.15, -0.1) is 0 Å². The number of non-ortho nitro benzene ring substituents is 1. The second kappa shape index (κ2) is 10.3. The van der Waals surface area contributed by atoms with Crippen molar-refractivity contribution >= 4 is 29.9 Å². The molecule has 0 aliphatic carbocycles. The maximum absolute atomic E-state index is 12.2. The summed E-state index contributed by atoms with van der Waals surface area (Å²) in [6, 6.07) is 13.6. The largest absolute Gasteiger partial charge is 0.497 e. The zero-order valence-electron chi connectivity index (χ0n) is 16.8. The molecule has 0 saturated heterocycles. The van der Waals surface area contributed by atoms with Crippen LogP contribution in [0.25, 0.3) is 6.08 Å². The zero-order chi connectivity index (χ0) is 22.9. The molecule has 3 rings (SSSR count). The number of nitro benzene ring substituents is 1. The van der Waals surface area contributed by atoms with Gasteiger partial charge in [0.1, 0.15) is 11.5 Å². The first-order valence-corrected chi connectivity index (χ1v) is 9.15. The number of methoxy groups -OCH3 is 1. The van der Waals surface area contributed by atoms with Crippen LogP contribution in [0.3, 0.4) is 0 Å². The number of rotatable bonds is 8. The maximum Gasteiger partial charge on any atom is 0.336 e. The monoisotopic (exact) mass is 435 g/mol. The Balaban J connectivity index is 1.73. The standard InChI is InChI=1S/C22H17N3O7/c1-30-18-8-4-15(5-9-18)6-11-21(26)32-19-10-7-17(25(28)29)13-16(19)14-23-24-22(27)20-3-2-12-31-20/h2-14H,1H3,(H,24,27)/b11-6+,23-14+. The second-order valence-corrected chi connectivity index (χ2v) is 6.18. The highest BCUT2D eigenvalue weighted by atomic mass is 16.6. The van der Waals surface area contributed by atoms with Crippen LogP contribution in [0.2, 0.25) is 0 Å². The SMILES string of the molecule is COc1ccc(/C=C/C(=O)Oc2ccc([N+](=O)[O-])cc2/C=N/NC(=O)c2ccco2)cc1. The molecular formula is C22H17N3O7. The Morgan fingerprint density at radius 1 is 1.16 bits per heavy atom. The number of nitrogens with zero attached hydrogens (tertiary/aromatic N) is 2. The summed E-state index contributed by atoms with van der Waals surface area (Å²) >= 11 is 0. The third-order valence-corrected chi connectivity index (χ3v) is 4.06. The number of hydrazone groups is 1. The van der Waals surface area contributed by atoms with E-state index in [0.29, 0.717) is 5.75 Å². The zero-order valence-corrected chi connectivity index (χ0v) is 16.8. The summed E-state index contributed by atoms with van der Waals surface area (Å²) in [6.45, 7) is 0. The van der Waals surface area contributed by atoms with E-state index in [-0.39, 0.29) is 22.8 Å². The van der Waals surface area contributed by atoms with Gasteiger partial charge in [-0.1, -0.05) is 12.1 Å². The highest BCUT2D eigenvalue weighted by molar-refractivity contribution is 5.94. The van der Waals surface area contributed by atoms with Crippen LogP contribution < -0.4 is 14.9 Å². The number of hydrogen-bond donors (Lipinski definition) is 1. The van der Waals surface area contributed by atoms with Gasteiger partial charge < -0.3 is 13.9 Å². The van der Waals surface area contributed by atoms with Crippen molar-refractivity contribution in [1.82, 2.24) is 5.43 Å². The summed E-state index contributed by atoms with van der Waals surface area (Å²) in [5.41, 5.74) is 2.84. The molecule has 0 bridgehead atoms. The molecular weight excluding hydrogens is 418 g/mol. The first-order valence-electron chi connectivity index (χ1n) is 9.15. The summed E-state index contributed by atoms with van der Waals surface area (Å²) in [5.74, 6) is -0.576. The molecule has 1 heterocycles.